The van der Waals surface area contributed by atoms with E-state index in [0.29, 0.717) is 25.1 Å². The van der Waals surface area contributed by atoms with E-state index in [0.717, 1.165) is 31.6 Å². The first-order valence-electron chi connectivity index (χ1n) is 6.70. The summed E-state index contributed by atoms with van der Waals surface area (Å²) < 4.78 is 5.59. The van der Waals surface area contributed by atoms with E-state index in [1.54, 1.807) is 24.3 Å². The minimum atomic E-state index is 0.237. The van der Waals surface area contributed by atoms with Gasteiger partial charge in [0, 0.05) is 13.0 Å². The van der Waals surface area contributed by atoms with Crippen molar-refractivity contribution in [1.82, 2.24) is 4.90 Å². The molecule has 1 aromatic rings. The highest BCUT2D eigenvalue weighted by atomic mass is 16.5. The van der Waals surface area contributed by atoms with E-state index >= 15 is 0 Å². The molecule has 100 valence electrons. The number of hydrogen-bond acceptors (Lipinski definition) is 3. The summed E-state index contributed by atoms with van der Waals surface area (Å²) in [5.41, 5.74) is 0.620. The van der Waals surface area contributed by atoms with Crippen LogP contribution in [0.5, 0.6) is 5.75 Å². The molecule has 0 atom stereocenters. The molecule has 4 heteroatoms. The summed E-state index contributed by atoms with van der Waals surface area (Å²) in [6.07, 6.45) is 3.89. The molecule has 1 aliphatic heterocycles. The molecular formula is C15H18N2O2. The Morgan fingerprint density at radius 2 is 2.00 bits per heavy atom. The Balaban J connectivity index is 1.78. The van der Waals surface area contributed by atoms with Gasteiger partial charge in [-0.3, -0.25) is 4.79 Å². The predicted molar refractivity (Wildman–Crippen MR) is 71.7 cm³/mol. The van der Waals surface area contributed by atoms with E-state index in [2.05, 4.69) is 6.07 Å². The number of carbonyl (C=O) groups is 1. The molecule has 0 unspecified atom stereocenters. The summed E-state index contributed by atoms with van der Waals surface area (Å²) in [6.45, 7) is 1.98. The van der Waals surface area contributed by atoms with Crippen LogP contribution >= 0.6 is 0 Å². The molecule has 1 aliphatic rings. The number of nitrogens with zero attached hydrogens (tertiary/aromatic N) is 2. The van der Waals surface area contributed by atoms with Crippen LogP contribution in [-0.2, 0) is 4.79 Å². The average molecular weight is 258 g/mol. The molecule has 19 heavy (non-hydrogen) atoms. The molecule has 0 aliphatic carbocycles. The lowest BCUT2D eigenvalue weighted by Gasteiger charge is -2.20. The smallest absolute Gasteiger partial charge is 0.222 e. The van der Waals surface area contributed by atoms with Crippen LogP contribution in [0.2, 0.25) is 0 Å². The maximum Gasteiger partial charge on any atom is 0.222 e. The van der Waals surface area contributed by atoms with E-state index in [9.17, 15) is 4.79 Å². The summed E-state index contributed by atoms with van der Waals surface area (Å²) in [7, 11) is 0. The molecule has 1 saturated heterocycles. The highest BCUT2D eigenvalue weighted by Gasteiger charge is 2.15. The van der Waals surface area contributed by atoms with E-state index in [4.69, 9.17) is 10.00 Å². The second-order valence-corrected chi connectivity index (χ2v) is 4.68. The van der Waals surface area contributed by atoms with Gasteiger partial charge >= 0.3 is 0 Å². The normalized spacial score (nSPS) is 15.7. The molecule has 1 heterocycles. The lowest BCUT2D eigenvalue weighted by Crippen LogP contribution is -2.34. The molecule has 2 rings (SSSR count). The molecule has 0 N–H and O–H groups in total. The highest BCUT2D eigenvalue weighted by molar-refractivity contribution is 5.76. The van der Waals surface area contributed by atoms with Crippen LogP contribution in [0, 0.1) is 11.3 Å². The summed E-state index contributed by atoms with van der Waals surface area (Å²) in [6, 6.07) is 9.08. The summed E-state index contributed by atoms with van der Waals surface area (Å²) in [5, 5.41) is 8.70. The van der Waals surface area contributed by atoms with E-state index in [1.807, 2.05) is 4.90 Å². The number of hydrogen-bond donors (Lipinski definition) is 0. The second-order valence-electron chi connectivity index (χ2n) is 4.68. The number of amides is 1. The first kappa shape index (κ1) is 13.4. The first-order valence-corrected chi connectivity index (χ1v) is 6.70. The Hall–Kier alpha value is -2.02. The minimum Gasteiger partial charge on any atom is -0.492 e. The monoisotopic (exact) mass is 258 g/mol. The molecule has 0 bridgehead atoms. The zero-order valence-corrected chi connectivity index (χ0v) is 11.0. The van der Waals surface area contributed by atoms with Crippen molar-refractivity contribution in [3.05, 3.63) is 29.8 Å². The van der Waals surface area contributed by atoms with Gasteiger partial charge in [-0.1, -0.05) is 6.42 Å². The van der Waals surface area contributed by atoms with E-state index in [-0.39, 0.29) is 5.91 Å². The molecule has 1 aromatic carbocycles. The Kier molecular flexibility index (Phi) is 4.79. The van der Waals surface area contributed by atoms with Crippen molar-refractivity contribution in [2.24, 2.45) is 0 Å². The summed E-state index contributed by atoms with van der Waals surface area (Å²) in [4.78, 5) is 13.7. The van der Waals surface area contributed by atoms with E-state index < -0.39 is 0 Å². The standard InChI is InChI=1S/C15H18N2O2/c16-12-13-5-7-14(8-6-13)19-11-10-17-9-3-1-2-4-15(17)18/h5-8H,1-4,9-11H2. The van der Waals surface area contributed by atoms with Gasteiger partial charge in [0.05, 0.1) is 18.2 Å². The van der Waals surface area contributed by atoms with Gasteiger partial charge in [0.1, 0.15) is 12.4 Å². The average Bonchev–Trinajstić information content (AvgIpc) is 2.65. The van der Waals surface area contributed by atoms with Crippen molar-refractivity contribution < 1.29 is 9.53 Å². The fourth-order valence-corrected chi connectivity index (χ4v) is 2.17. The van der Waals surface area contributed by atoms with Gasteiger partial charge in [0.15, 0.2) is 0 Å². The third kappa shape index (κ3) is 3.99. The Morgan fingerprint density at radius 3 is 2.74 bits per heavy atom. The summed E-state index contributed by atoms with van der Waals surface area (Å²) >= 11 is 0. The third-order valence-electron chi connectivity index (χ3n) is 3.28. The molecule has 0 aromatic heterocycles. The predicted octanol–water partition coefficient (Wildman–Crippen LogP) is 2.34. The molecule has 4 nitrogen and oxygen atoms in total. The van der Waals surface area contributed by atoms with E-state index in [1.165, 1.54) is 0 Å². The van der Waals surface area contributed by atoms with Crippen LogP contribution in [0.15, 0.2) is 24.3 Å². The zero-order valence-electron chi connectivity index (χ0n) is 11.0. The maximum atomic E-state index is 11.8. The molecule has 1 fully saturated rings. The largest absolute Gasteiger partial charge is 0.492 e. The van der Waals surface area contributed by atoms with Crippen molar-refractivity contribution in [2.45, 2.75) is 25.7 Å². The number of benzene rings is 1. The Bertz CT molecular complexity index is 462. The minimum absolute atomic E-state index is 0.237. The zero-order chi connectivity index (χ0) is 13.5. The molecule has 0 radical (unpaired) electrons. The third-order valence-corrected chi connectivity index (χ3v) is 3.28. The van der Waals surface area contributed by atoms with Crippen LogP contribution in [0.1, 0.15) is 31.2 Å². The quantitative estimate of drug-likeness (QED) is 0.833. The fourth-order valence-electron chi connectivity index (χ4n) is 2.17. The maximum absolute atomic E-state index is 11.8. The molecule has 1 amide bonds. The van der Waals surface area contributed by atoms with Gasteiger partial charge in [-0.05, 0) is 37.1 Å². The van der Waals surface area contributed by atoms with Crippen molar-refractivity contribution in [3.8, 4) is 11.8 Å². The number of likely N-dealkylation sites (tertiary alicyclic amines) is 1. The van der Waals surface area contributed by atoms with Gasteiger partial charge in [0.2, 0.25) is 5.91 Å². The van der Waals surface area contributed by atoms with Gasteiger partial charge in [-0.15, -0.1) is 0 Å². The molecular weight excluding hydrogens is 240 g/mol. The van der Waals surface area contributed by atoms with Crippen molar-refractivity contribution in [1.29, 1.82) is 5.26 Å². The van der Waals surface area contributed by atoms with Crippen molar-refractivity contribution in [2.75, 3.05) is 19.7 Å². The SMILES string of the molecule is N#Cc1ccc(OCCN2CCCCCC2=O)cc1. The topological polar surface area (TPSA) is 53.3 Å². The number of nitriles is 1. The number of carbonyl (C=O) groups excluding carboxylic acids is 1. The fraction of sp³-hybridized carbons (Fsp3) is 0.467. The Labute approximate surface area is 113 Å². The number of rotatable bonds is 4. The van der Waals surface area contributed by atoms with Gasteiger partial charge < -0.3 is 9.64 Å². The van der Waals surface area contributed by atoms with Crippen LogP contribution in [0.25, 0.3) is 0 Å². The van der Waals surface area contributed by atoms with Crippen LogP contribution in [0.3, 0.4) is 0 Å². The van der Waals surface area contributed by atoms with Crippen LogP contribution in [0.4, 0.5) is 0 Å². The van der Waals surface area contributed by atoms with Gasteiger partial charge in [0.25, 0.3) is 0 Å². The highest BCUT2D eigenvalue weighted by Crippen LogP contribution is 2.13. The van der Waals surface area contributed by atoms with Crippen LogP contribution in [-0.4, -0.2) is 30.5 Å². The van der Waals surface area contributed by atoms with Crippen LogP contribution < -0.4 is 4.74 Å². The van der Waals surface area contributed by atoms with Crippen molar-refractivity contribution >= 4 is 5.91 Å². The van der Waals surface area contributed by atoms with Crippen molar-refractivity contribution in [3.63, 3.8) is 0 Å². The Morgan fingerprint density at radius 1 is 1.21 bits per heavy atom. The molecule has 0 spiro atoms. The lowest BCUT2D eigenvalue weighted by molar-refractivity contribution is -0.131. The number of ether oxygens (including phenoxy) is 1. The summed E-state index contributed by atoms with van der Waals surface area (Å²) in [5.74, 6) is 0.974. The van der Waals surface area contributed by atoms with Gasteiger partial charge in [-0.2, -0.15) is 5.26 Å². The van der Waals surface area contributed by atoms with Gasteiger partial charge in [-0.25, -0.2) is 0 Å². The first-order chi connectivity index (χ1) is 9.29. The lowest BCUT2D eigenvalue weighted by atomic mass is 10.2. The second kappa shape index (κ2) is 6.79. The molecule has 0 saturated carbocycles.